The maximum atomic E-state index is 13.5. The Kier molecular flexibility index (Phi) is 7.41. The highest BCUT2D eigenvalue weighted by molar-refractivity contribution is 7.89. The number of rotatable bonds is 8. The van der Waals surface area contributed by atoms with Crippen LogP contribution < -0.4 is 15.2 Å². The lowest BCUT2D eigenvalue weighted by Gasteiger charge is -2.14. The first-order chi connectivity index (χ1) is 12.7. The summed E-state index contributed by atoms with van der Waals surface area (Å²) in [6.45, 7) is 0.113. The molecule has 27 heavy (non-hydrogen) atoms. The molecule has 0 aliphatic heterocycles. The Morgan fingerprint density at radius 1 is 1.26 bits per heavy atom. The van der Waals surface area contributed by atoms with E-state index < -0.39 is 21.9 Å². The predicted octanol–water partition coefficient (Wildman–Crippen LogP) is 3.08. The number of ether oxygens (including phenoxy) is 1. The fraction of sp³-hybridized carbons (Fsp3) is 0.235. The summed E-state index contributed by atoms with van der Waals surface area (Å²) >= 11 is 11.7. The highest BCUT2D eigenvalue weighted by Crippen LogP contribution is 2.24. The van der Waals surface area contributed by atoms with Crippen molar-refractivity contribution in [3.8, 4) is 11.8 Å². The molecular weight excluding hydrogens is 416 g/mol. The summed E-state index contributed by atoms with van der Waals surface area (Å²) in [6, 6.07) is 9.16. The van der Waals surface area contributed by atoms with Crippen LogP contribution in [0, 0.1) is 17.1 Å². The predicted molar refractivity (Wildman–Crippen MR) is 101 cm³/mol. The molecule has 0 aromatic heterocycles. The van der Waals surface area contributed by atoms with Crippen molar-refractivity contribution in [1.29, 1.82) is 5.26 Å². The third kappa shape index (κ3) is 6.06. The second-order valence-corrected chi connectivity index (χ2v) is 8.16. The lowest BCUT2D eigenvalue weighted by molar-refractivity contribution is 0.281. The van der Waals surface area contributed by atoms with Crippen molar-refractivity contribution >= 4 is 33.2 Å². The summed E-state index contributed by atoms with van der Waals surface area (Å²) in [6.07, 6.45) is 0.281. The molecule has 0 spiro atoms. The molecule has 10 heteroatoms. The van der Waals surface area contributed by atoms with E-state index in [0.717, 1.165) is 6.07 Å². The molecule has 0 aliphatic carbocycles. The van der Waals surface area contributed by atoms with Crippen LogP contribution >= 0.6 is 23.2 Å². The van der Waals surface area contributed by atoms with Crippen LogP contribution in [0.5, 0.6) is 5.75 Å². The highest BCUT2D eigenvalue weighted by atomic mass is 35.5. The van der Waals surface area contributed by atoms with Crippen molar-refractivity contribution in [1.82, 2.24) is 4.72 Å². The van der Waals surface area contributed by atoms with Crippen molar-refractivity contribution in [2.45, 2.75) is 17.4 Å². The van der Waals surface area contributed by atoms with Gasteiger partial charge < -0.3 is 10.5 Å². The highest BCUT2D eigenvalue weighted by Gasteiger charge is 2.18. The fourth-order valence-corrected chi connectivity index (χ4v) is 3.93. The summed E-state index contributed by atoms with van der Waals surface area (Å²) in [4.78, 5) is -0.0774. The van der Waals surface area contributed by atoms with E-state index in [1.165, 1.54) is 30.3 Å². The quantitative estimate of drug-likeness (QED) is 0.667. The van der Waals surface area contributed by atoms with E-state index in [1.54, 1.807) is 6.07 Å². The van der Waals surface area contributed by atoms with Gasteiger partial charge in [0.05, 0.1) is 10.6 Å². The first kappa shape index (κ1) is 21.4. The van der Waals surface area contributed by atoms with Gasteiger partial charge in [0.1, 0.15) is 29.1 Å². The number of benzene rings is 2. The topological polar surface area (TPSA) is 105 Å². The molecule has 0 saturated heterocycles. The number of hydrogen-bond acceptors (Lipinski definition) is 5. The smallest absolute Gasteiger partial charge is 0.242 e. The Morgan fingerprint density at radius 3 is 2.63 bits per heavy atom. The Morgan fingerprint density at radius 2 is 2.00 bits per heavy atom. The van der Waals surface area contributed by atoms with Gasteiger partial charge in [-0.1, -0.05) is 23.2 Å². The van der Waals surface area contributed by atoms with E-state index in [1.807, 2.05) is 0 Å². The number of hydrogen-bond donors (Lipinski definition) is 2. The Labute approximate surface area is 166 Å². The third-order valence-electron chi connectivity index (χ3n) is 3.52. The van der Waals surface area contributed by atoms with Gasteiger partial charge in [-0.15, -0.1) is 0 Å². The summed E-state index contributed by atoms with van der Waals surface area (Å²) in [5, 5.41) is 9.03. The first-order valence-electron chi connectivity index (χ1n) is 7.75. The van der Waals surface area contributed by atoms with E-state index in [2.05, 4.69) is 4.72 Å². The molecule has 1 atom stereocenters. The van der Waals surface area contributed by atoms with Gasteiger partial charge in [0.25, 0.3) is 0 Å². The number of halogens is 3. The molecule has 2 aromatic carbocycles. The zero-order valence-corrected chi connectivity index (χ0v) is 16.3. The molecule has 1 unspecified atom stereocenters. The second-order valence-electron chi connectivity index (χ2n) is 5.59. The van der Waals surface area contributed by atoms with Crippen LogP contribution in [0.15, 0.2) is 41.3 Å². The minimum atomic E-state index is -3.80. The maximum Gasteiger partial charge on any atom is 0.242 e. The number of nitrogens with two attached hydrogens (primary N) is 1. The average molecular weight is 432 g/mol. The molecule has 2 rings (SSSR count). The van der Waals surface area contributed by atoms with E-state index in [-0.39, 0.29) is 40.8 Å². The van der Waals surface area contributed by atoms with Crippen LogP contribution in [-0.4, -0.2) is 27.6 Å². The third-order valence-corrected chi connectivity index (χ3v) is 5.69. The SMILES string of the molecule is N#Cc1ccc(OCC(N)CCNS(=O)(=O)c2ccc(Cl)cc2Cl)cc1F. The molecule has 0 fully saturated rings. The van der Waals surface area contributed by atoms with Crippen LogP contribution in [0.2, 0.25) is 10.0 Å². The molecule has 6 nitrogen and oxygen atoms in total. The van der Waals surface area contributed by atoms with Gasteiger partial charge in [-0.3, -0.25) is 0 Å². The first-order valence-corrected chi connectivity index (χ1v) is 9.99. The summed E-state index contributed by atoms with van der Waals surface area (Å²) in [7, 11) is -3.80. The minimum Gasteiger partial charge on any atom is -0.492 e. The van der Waals surface area contributed by atoms with Gasteiger partial charge in [-0.2, -0.15) is 5.26 Å². The van der Waals surface area contributed by atoms with Crippen LogP contribution in [0.1, 0.15) is 12.0 Å². The van der Waals surface area contributed by atoms with Gasteiger partial charge in [0.2, 0.25) is 10.0 Å². The monoisotopic (exact) mass is 431 g/mol. The molecule has 0 bridgehead atoms. The normalized spacial score (nSPS) is 12.4. The van der Waals surface area contributed by atoms with Gasteiger partial charge >= 0.3 is 0 Å². The standard InChI is InChI=1S/C17H16Cl2FN3O3S/c18-12-2-4-17(15(19)7-12)27(24,25)23-6-5-13(22)10-26-14-3-1-11(9-21)16(20)8-14/h1-4,7-8,13,23H,5-6,10,22H2. The zero-order chi connectivity index (χ0) is 20.0. The van der Waals surface area contributed by atoms with E-state index in [9.17, 15) is 12.8 Å². The van der Waals surface area contributed by atoms with E-state index in [0.29, 0.717) is 5.02 Å². The molecular formula is C17H16Cl2FN3O3S. The number of nitrogens with one attached hydrogen (secondary N) is 1. The molecule has 0 heterocycles. The summed E-state index contributed by atoms with van der Waals surface area (Å²) in [5.74, 6) is -0.452. The van der Waals surface area contributed by atoms with Crippen LogP contribution in [0.25, 0.3) is 0 Å². The van der Waals surface area contributed by atoms with E-state index in [4.69, 9.17) is 38.9 Å². The maximum absolute atomic E-state index is 13.5. The van der Waals surface area contributed by atoms with Crippen molar-refractivity contribution in [2.75, 3.05) is 13.2 Å². The number of nitriles is 1. The van der Waals surface area contributed by atoms with Gasteiger partial charge in [-0.25, -0.2) is 17.5 Å². The summed E-state index contributed by atoms with van der Waals surface area (Å²) < 4.78 is 45.7. The van der Waals surface area contributed by atoms with Crippen molar-refractivity contribution in [3.05, 3.63) is 57.8 Å². The Bertz CT molecular complexity index is 964. The summed E-state index contributed by atoms with van der Waals surface area (Å²) in [5.41, 5.74) is 5.80. The zero-order valence-electron chi connectivity index (χ0n) is 14.0. The molecule has 3 N–H and O–H groups in total. The van der Waals surface area contributed by atoms with Crippen LogP contribution in [0.3, 0.4) is 0 Å². The number of sulfonamides is 1. The van der Waals surface area contributed by atoms with Crippen molar-refractivity contribution in [3.63, 3.8) is 0 Å². The molecule has 0 saturated carbocycles. The lowest BCUT2D eigenvalue weighted by Crippen LogP contribution is -2.34. The van der Waals surface area contributed by atoms with Crippen LogP contribution in [-0.2, 0) is 10.0 Å². The average Bonchev–Trinajstić information content (AvgIpc) is 2.59. The molecule has 0 radical (unpaired) electrons. The van der Waals surface area contributed by atoms with Gasteiger partial charge in [0, 0.05) is 23.7 Å². The van der Waals surface area contributed by atoms with E-state index >= 15 is 0 Å². The minimum absolute atomic E-state index is 0.0190. The molecule has 0 amide bonds. The lowest BCUT2D eigenvalue weighted by atomic mass is 10.2. The fourth-order valence-electron chi connectivity index (χ4n) is 2.11. The molecule has 144 valence electrons. The van der Waals surface area contributed by atoms with Crippen molar-refractivity contribution in [2.24, 2.45) is 5.73 Å². The molecule has 0 aliphatic rings. The Balaban J connectivity index is 1.84. The number of nitrogens with zero attached hydrogens (tertiary/aromatic N) is 1. The van der Waals surface area contributed by atoms with Crippen molar-refractivity contribution < 1.29 is 17.5 Å². The second kappa shape index (κ2) is 9.35. The largest absolute Gasteiger partial charge is 0.492 e. The van der Waals surface area contributed by atoms with Crippen LogP contribution in [0.4, 0.5) is 4.39 Å². The van der Waals surface area contributed by atoms with Gasteiger partial charge in [0.15, 0.2) is 0 Å². The Hall–Kier alpha value is -1.89. The molecule has 2 aromatic rings. The van der Waals surface area contributed by atoms with Gasteiger partial charge in [-0.05, 0) is 36.8 Å².